The van der Waals surface area contributed by atoms with Crippen LogP contribution in [0.25, 0.3) is 0 Å². The van der Waals surface area contributed by atoms with E-state index < -0.39 is 55.9 Å². The minimum atomic E-state index is -2.07. The summed E-state index contributed by atoms with van der Waals surface area (Å²) in [5.41, 5.74) is 7.28. The van der Waals surface area contributed by atoms with E-state index in [4.69, 9.17) is 21.3 Å². The standard InChI is InChI=1S/C33H55N5O6Si/c1-14-15-26(34)29(40)37-27(21(2)3)30(41)35-22(4)28(39)36-25-17-16-23(20-43-45(12,13)33(8,9)10)24(18-25)19-38(11)31(42)44-32(5,6)7/h1,16-18,21-22,26-27H,15,19-20,34H2,2-13H3,(H,35,41)(H,36,39)(H,37,40)/t22-,26-,27-/m0/s1. The van der Waals surface area contributed by atoms with Gasteiger partial charge in [0, 0.05) is 25.7 Å². The first-order chi connectivity index (χ1) is 20.5. The molecule has 0 aliphatic rings. The van der Waals surface area contributed by atoms with Crippen molar-refractivity contribution in [3.05, 3.63) is 29.3 Å². The van der Waals surface area contributed by atoms with Gasteiger partial charge in [-0.3, -0.25) is 14.4 Å². The van der Waals surface area contributed by atoms with Crippen LogP contribution in [0.5, 0.6) is 0 Å². The fourth-order valence-electron chi connectivity index (χ4n) is 3.76. The van der Waals surface area contributed by atoms with Crippen LogP contribution >= 0.6 is 0 Å². The van der Waals surface area contributed by atoms with Crippen molar-refractivity contribution in [3.63, 3.8) is 0 Å². The Morgan fingerprint density at radius 2 is 1.58 bits per heavy atom. The lowest BCUT2D eigenvalue weighted by Gasteiger charge is -2.36. The summed E-state index contributed by atoms with van der Waals surface area (Å²) in [6.07, 6.45) is 4.80. The molecule has 252 valence electrons. The highest BCUT2D eigenvalue weighted by atomic mass is 28.4. The van der Waals surface area contributed by atoms with Gasteiger partial charge in [-0.05, 0) is 75.0 Å². The van der Waals surface area contributed by atoms with Crippen LogP contribution in [-0.4, -0.2) is 67.8 Å². The average molecular weight is 646 g/mol. The van der Waals surface area contributed by atoms with Gasteiger partial charge in [-0.1, -0.05) is 40.7 Å². The van der Waals surface area contributed by atoms with Crippen LogP contribution in [0.4, 0.5) is 10.5 Å². The van der Waals surface area contributed by atoms with Crippen molar-refractivity contribution in [2.45, 2.75) is 124 Å². The summed E-state index contributed by atoms with van der Waals surface area (Å²) in [7, 11) is -0.419. The molecule has 1 aromatic rings. The lowest BCUT2D eigenvalue weighted by Crippen LogP contribution is -2.56. The van der Waals surface area contributed by atoms with E-state index in [0.717, 1.165) is 11.1 Å². The Kier molecular flexibility index (Phi) is 14.3. The number of carbonyl (C=O) groups excluding carboxylic acids is 4. The van der Waals surface area contributed by atoms with Gasteiger partial charge in [0.05, 0.1) is 12.6 Å². The molecule has 12 heteroatoms. The quantitative estimate of drug-likeness (QED) is 0.182. The first kappa shape index (κ1) is 39.6. The van der Waals surface area contributed by atoms with Crippen molar-refractivity contribution >= 4 is 37.8 Å². The number of benzene rings is 1. The minimum absolute atomic E-state index is 0.0139. The van der Waals surface area contributed by atoms with Crippen molar-refractivity contribution in [2.24, 2.45) is 11.7 Å². The third kappa shape index (κ3) is 12.9. The Balaban J connectivity index is 3.17. The summed E-state index contributed by atoms with van der Waals surface area (Å²) < 4.78 is 12.0. The van der Waals surface area contributed by atoms with Gasteiger partial charge in [0.15, 0.2) is 8.32 Å². The number of rotatable bonds is 13. The number of anilines is 1. The largest absolute Gasteiger partial charge is 0.444 e. The molecule has 4 amide bonds. The summed E-state index contributed by atoms with van der Waals surface area (Å²) in [5, 5.41) is 8.16. The Labute approximate surface area is 270 Å². The molecule has 3 atom stereocenters. The average Bonchev–Trinajstić information content (AvgIpc) is 2.89. The molecule has 0 saturated carbocycles. The number of hydrogen-bond acceptors (Lipinski definition) is 7. The second-order valence-corrected chi connectivity index (χ2v) is 19.1. The van der Waals surface area contributed by atoms with Gasteiger partial charge >= 0.3 is 6.09 Å². The normalized spacial score (nSPS) is 14.1. The molecule has 0 spiro atoms. The summed E-state index contributed by atoms with van der Waals surface area (Å²) in [6, 6.07) is 2.65. The van der Waals surface area contributed by atoms with E-state index in [1.807, 2.05) is 6.07 Å². The molecule has 1 rings (SSSR count). The monoisotopic (exact) mass is 645 g/mol. The van der Waals surface area contributed by atoms with E-state index in [0.29, 0.717) is 12.3 Å². The third-order valence-corrected chi connectivity index (χ3v) is 12.1. The van der Waals surface area contributed by atoms with E-state index in [-0.39, 0.29) is 23.9 Å². The Morgan fingerprint density at radius 3 is 2.09 bits per heavy atom. The molecule has 5 N–H and O–H groups in total. The molecule has 0 fully saturated rings. The van der Waals surface area contributed by atoms with Gasteiger partial charge in [0.25, 0.3) is 0 Å². The van der Waals surface area contributed by atoms with Gasteiger partial charge in [-0.15, -0.1) is 12.3 Å². The highest BCUT2D eigenvalue weighted by Gasteiger charge is 2.37. The van der Waals surface area contributed by atoms with Crippen LogP contribution in [0.1, 0.15) is 79.9 Å². The molecule has 11 nitrogen and oxygen atoms in total. The fourth-order valence-corrected chi connectivity index (χ4v) is 4.71. The number of nitrogens with two attached hydrogens (primary N) is 1. The van der Waals surface area contributed by atoms with Crippen LogP contribution in [0, 0.1) is 18.3 Å². The highest BCUT2D eigenvalue weighted by molar-refractivity contribution is 6.74. The first-order valence-corrected chi connectivity index (χ1v) is 18.2. The van der Waals surface area contributed by atoms with Crippen molar-refractivity contribution in [1.29, 1.82) is 0 Å². The zero-order valence-corrected chi connectivity index (χ0v) is 30.2. The number of terminal acetylenes is 1. The number of ether oxygens (including phenoxy) is 1. The third-order valence-electron chi connectivity index (χ3n) is 7.65. The predicted molar refractivity (Wildman–Crippen MR) is 181 cm³/mol. The molecular formula is C33H55N5O6Si. The van der Waals surface area contributed by atoms with Gasteiger partial charge in [0.2, 0.25) is 17.7 Å². The minimum Gasteiger partial charge on any atom is -0.444 e. The molecule has 0 radical (unpaired) electrons. The van der Waals surface area contributed by atoms with Crippen molar-refractivity contribution < 1.29 is 28.3 Å². The second kappa shape index (κ2) is 16.2. The molecule has 0 aliphatic carbocycles. The molecule has 0 aliphatic heterocycles. The zero-order chi connectivity index (χ0) is 34.9. The zero-order valence-electron chi connectivity index (χ0n) is 29.2. The molecule has 1 aromatic carbocycles. The lowest BCUT2D eigenvalue weighted by molar-refractivity contribution is -0.132. The topological polar surface area (TPSA) is 152 Å². The Morgan fingerprint density at radius 1 is 0.978 bits per heavy atom. The van der Waals surface area contributed by atoms with Gasteiger partial charge in [0.1, 0.15) is 17.7 Å². The number of amides is 4. The second-order valence-electron chi connectivity index (χ2n) is 14.3. The van der Waals surface area contributed by atoms with Crippen LogP contribution in [0.3, 0.4) is 0 Å². The van der Waals surface area contributed by atoms with Gasteiger partial charge in [-0.2, -0.15) is 0 Å². The van der Waals surface area contributed by atoms with Crippen molar-refractivity contribution in [1.82, 2.24) is 15.5 Å². The molecule has 0 unspecified atom stereocenters. The smallest absolute Gasteiger partial charge is 0.410 e. The van der Waals surface area contributed by atoms with E-state index in [1.165, 1.54) is 4.90 Å². The summed E-state index contributed by atoms with van der Waals surface area (Å²) in [5.74, 6) is 0.538. The van der Waals surface area contributed by atoms with E-state index >= 15 is 0 Å². The summed E-state index contributed by atoms with van der Waals surface area (Å²) >= 11 is 0. The number of carbonyl (C=O) groups is 4. The number of hydrogen-bond donors (Lipinski definition) is 4. The fraction of sp³-hybridized carbons (Fsp3) is 0.636. The Bertz CT molecular complexity index is 1250. The first-order valence-electron chi connectivity index (χ1n) is 15.3. The van der Waals surface area contributed by atoms with E-state index in [2.05, 4.69) is 55.7 Å². The van der Waals surface area contributed by atoms with Crippen LogP contribution < -0.4 is 21.7 Å². The molecule has 0 saturated heterocycles. The van der Waals surface area contributed by atoms with Gasteiger partial charge in [-0.25, -0.2) is 4.79 Å². The van der Waals surface area contributed by atoms with Crippen LogP contribution in [-0.2, 0) is 36.7 Å². The van der Waals surface area contributed by atoms with E-state index in [1.54, 1.807) is 60.7 Å². The molecule has 45 heavy (non-hydrogen) atoms. The van der Waals surface area contributed by atoms with E-state index in [9.17, 15) is 19.2 Å². The maximum Gasteiger partial charge on any atom is 0.410 e. The molecular weight excluding hydrogens is 590 g/mol. The lowest BCUT2D eigenvalue weighted by atomic mass is 10.0. The van der Waals surface area contributed by atoms with Crippen molar-refractivity contribution in [3.8, 4) is 12.3 Å². The highest BCUT2D eigenvalue weighted by Crippen LogP contribution is 2.37. The SMILES string of the molecule is C#CC[C@H](N)C(=O)N[C@H](C(=O)N[C@@H](C)C(=O)Nc1ccc(CO[Si](C)(C)C(C)(C)C)c(CN(C)C(=O)OC(C)(C)C)c1)C(C)C. The Hall–Kier alpha value is -3.40. The van der Waals surface area contributed by atoms with Crippen molar-refractivity contribution in [2.75, 3.05) is 12.4 Å². The maximum atomic E-state index is 13.1. The molecule has 0 aromatic heterocycles. The van der Waals surface area contributed by atoms with Crippen LogP contribution in [0.2, 0.25) is 18.1 Å². The number of nitrogens with zero attached hydrogens (tertiary/aromatic N) is 1. The van der Waals surface area contributed by atoms with Gasteiger partial charge < -0.3 is 35.7 Å². The maximum absolute atomic E-state index is 13.1. The summed E-state index contributed by atoms with van der Waals surface area (Å²) in [6.45, 7) is 21.9. The van der Waals surface area contributed by atoms with Crippen LogP contribution in [0.15, 0.2) is 18.2 Å². The predicted octanol–water partition coefficient (Wildman–Crippen LogP) is 4.51. The number of nitrogens with one attached hydrogen (secondary N) is 3. The molecule has 0 heterocycles. The summed E-state index contributed by atoms with van der Waals surface area (Å²) in [4.78, 5) is 52.8. The molecule has 0 bridgehead atoms.